The second kappa shape index (κ2) is 3.72. The van der Waals surface area contributed by atoms with Gasteiger partial charge >= 0.3 is 0 Å². The molecule has 0 aliphatic rings. The Kier molecular flexibility index (Phi) is 2.41. The fraction of sp³-hybridized carbons (Fsp3) is 0.100. The monoisotopic (exact) mass is 208 g/mol. The van der Waals surface area contributed by atoms with Crippen LogP contribution in [0.2, 0.25) is 5.02 Å². The molecule has 0 saturated heterocycles. The molecule has 0 bridgehead atoms. The Morgan fingerprint density at radius 2 is 2.21 bits per heavy atom. The van der Waals surface area contributed by atoms with Crippen molar-refractivity contribution in [3.05, 3.63) is 41.7 Å². The molecular weight excluding hydrogens is 200 g/mol. The Hall–Kier alpha value is -1.48. The van der Waals surface area contributed by atoms with Gasteiger partial charge in [0.15, 0.2) is 0 Å². The zero-order chi connectivity index (χ0) is 9.97. The Bertz CT molecular complexity index is 426. The van der Waals surface area contributed by atoms with Gasteiger partial charge in [-0.2, -0.15) is 5.10 Å². The molecule has 0 saturated carbocycles. The molecule has 4 heteroatoms. The summed E-state index contributed by atoms with van der Waals surface area (Å²) >= 11 is 5.92. The minimum Gasteiger partial charge on any atom is -0.497 e. The number of benzene rings is 1. The fourth-order valence-corrected chi connectivity index (χ4v) is 1.44. The molecule has 0 atom stereocenters. The van der Waals surface area contributed by atoms with Crippen molar-refractivity contribution >= 4 is 11.6 Å². The number of aromatic nitrogens is 2. The van der Waals surface area contributed by atoms with Crippen molar-refractivity contribution in [1.29, 1.82) is 0 Å². The van der Waals surface area contributed by atoms with E-state index in [9.17, 15) is 0 Å². The minimum absolute atomic E-state index is 0.634. The molecule has 1 heterocycles. The summed E-state index contributed by atoms with van der Waals surface area (Å²) in [5, 5.41) is 4.74. The number of rotatable bonds is 2. The van der Waals surface area contributed by atoms with E-state index in [2.05, 4.69) is 5.10 Å². The normalized spacial score (nSPS) is 10.1. The third-order valence-corrected chi connectivity index (χ3v) is 2.08. The summed E-state index contributed by atoms with van der Waals surface area (Å²) in [6.07, 6.45) is 3.57. The van der Waals surface area contributed by atoms with E-state index in [1.165, 1.54) is 0 Å². The number of nitrogens with zero attached hydrogens (tertiary/aromatic N) is 2. The fourth-order valence-electron chi connectivity index (χ4n) is 1.22. The van der Waals surface area contributed by atoms with E-state index in [0.29, 0.717) is 5.02 Å². The van der Waals surface area contributed by atoms with E-state index >= 15 is 0 Å². The van der Waals surface area contributed by atoms with Gasteiger partial charge in [0, 0.05) is 23.5 Å². The first-order chi connectivity index (χ1) is 6.79. The highest BCUT2D eigenvalue weighted by molar-refractivity contribution is 6.30. The van der Waals surface area contributed by atoms with Gasteiger partial charge in [-0.05, 0) is 18.2 Å². The van der Waals surface area contributed by atoms with Gasteiger partial charge in [0.25, 0.3) is 0 Å². The SMILES string of the molecule is COc1cc(Cl)cc(-n2cccn2)c1. The highest BCUT2D eigenvalue weighted by atomic mass is 35.5. The first-order valence-electron chi connectivity index (χ1n) is 4.14. The lowest BCUT2D eigenvalue weighted by Crippen LogP contribution is -1.94. The zero-order valence-electron chi connectivity index (χ0n) is 7.64. The van der Waals surface area contributed by atoms with Gasteiger partial charge in [0.1, 0.15) is 5.75 Å². The van der Waals surface area contributed by atoms with Crippen molar-refractivity contribution in [2.75, 3.05) is 7.11 Å². The maximum absolute atomic E-state index is 5.92. The number of halogens is 1. The Morgan fingerprint density at radius 3 is 2.86 bits per heavy atom. The summed E-state index contributed by atoms with van der Waals surface area (Å²) in [6, 6.07) is 7.32. The Balaban J connectivity index is 2.48. The average Bonchev–Trinajstić information content (AvgIpc) is 2.69. The van der Waals surface area contributed by atoms with Gasteiger partial charge in [0.05, 0.1) is 12.8 Å². The van der Waals surface area contributed by atoms with Gasteiger partial charge in [-0.25, -0.2) is 4.68 Å². The quantitative estimate of drug-likeness (QED) is 0.759. The molecule has 1 aromatic carbocycles. The number of methoxy groups -OCH3 is 1. The van der Waals surface area contributed by atoms with Crippen molar-refractivity contribution in [2.45, 2.75) is 0 Å². The summed E-state index contributed by atoms with van der Waals surface area (Å²) in [5.41, 5.74) is 0.888. The summed E-state index contributed by atoms with van der Waals surface area (Å²) in [7, 11) is 1.61. The van der Waals surface area contributed by atoms with Gasteiger partial charge in [-0.15, -0.1) is 0 Å². The van der Waals surface area contributed by atoms with Gasteiger partial charge in [-0.3, -0.25) is 0 Å². The molecule has 14 heavy (non-hydrogen) atoms. The van der Waals surface area contributed by atoms with Crippen molar-refractivity contribution in [2.24, 2.45) is 0 Å². The van der Waals surface area contributed by atoms with Crippen LogP contribution in [0.3, 0.4) is 0 Å². The molecule has 0 radical (unpaired) electrons. The first-order valence-corrected chi connectivity index (χ1v) is 4.52. The van der Waals surface area contributed by atoms with Crippen molar-refractivity contribution in [3.63, 3.8) is 0 Å². The van der Waals surface area contributed by atoms with Crippen LogP contribution in [0.1, 0.15) is 0 Å². The van der Waals surface area contributed by atoms with Crippen LogP contribution in [0.15, 0.2) is 36.7 Å². The molecule has 72 valence electrons. The first kappa shape index (κ1) is 9.09. The lowest BCUT2D eigenvalue weighted by Gasteiger charge is -2.05. The van der Waals surface area contributed by atoms with Gasteiger partial charge < -0.3 is 4.74 Å². The molecule has 3 nitrogen and oxygen atoms in total. The van der Waals surface area contributed by atoms with Crippen LogP contribution in [-0.4, -0.2) is 16.9 Å². The number of ether oxygens (including phenoxy) is 1. The minimum atomic E-state index is 0.634. The van der Waals surface area contributed by atoms with Crippen LogP contribution in [0.4, 0.5) is 0 Å². The lowest BCUT2D eigenvalue weighted by atomic mass is 10.3. The number of hydrogen-bond donors (Lipinski definition) is 0. The largest absolute Gasteiger partial charge is 0.497 e. The smallest absolute Gasteiger partial charge is 0.122 e. The second-order valence-electron chi connectivity index (χ2n) is 2.80. The van der Waals surface area contributed by atoms with Crippen LogP contribution >= 0.6 is 11.6 Å². The maximum atomic E-state index is 5.92. The van der Waals surface area contributed by atoms with Crippen LogP contribution < -0.4 is 4.74 Å². The Labute approximate surface area is 86.9 Å². The van der Waals surface area contributed by atoms with E-state index < -0.39 is 0 Å². The summed E-state index contributed by atoms with van der Waals surface area (Å²) in [4.78, 5) is 0. The summed E-state index contributed by atoms with van der Waals surface area (Å²) in [5.74, 6) is 0.725. The topological polar surface area (TPSA) is 27.1 Å². The van der Waals surface area contributed by atoms with E-state index in [1.54, 1.807) is 24.1 Å². The molecule has 1 aromatic heterocycles. The molecule has 0 amide bonds. The molecular formula is C10H9ClN2O. The van der Waals surface area contributed by atoms with Crippen LogP contribution in [-0.2, 0) is 0 Å². The van der Waals surface area contributed by atoms with Gasteiger partial charge in [-0.1, -0.05) is 11.6 Å². The Morgan fingerprint density at radius 1 is 1.36 bits per heavy atom. The zero-order valence-corrected chi connectivity index (χ0v) is 8.40. The molecule has 0 unspecified atom stereocenters. The highest BCUT2D eigenvalue weighted by Crippen LogP contribution is 2.22. The van der Waals surface area contributed by atoms with E-state index in [-0.39, 0.29) is 0 Å². The predicted molar refractivity (Wildman–Crippen MR) is 55.1 cm³/mol. The molecule has 2 rings (SSSR count). The summed E-state index contributed by atoms with van der Waals surface area (Å²) in [6.45, 7) is 0. The van der Waals surface area contributed by atoms with E-state index in [4.69, 9.17) is 16.3 Å². The third kappa shape index (κ3) is 1.72. The van der Waals surface area contributed by atoms with Crippen LogP contribution in [0, 0.1) is 0 Å². The second-order valence-corrected chi connectivity index (χ2v) is 3.24. The van der Waals surface area contributed by atoms with Crippen molar-refractivity contribution < 1.29 is 4.74 Å². The van der Waals surface area contributed by atoms with Crippen molar-refractivity contribution in [3.8, 4) is 11.4 Å². The standard InChI is InChI=1S/C10H9ClN2O/c1-14-10-6-8(11)5-9(7-10)13-4-2-3-12-13/h2-7H,1H3. The number of hydrogen-bond acceptors (Lipinski definition) is 2. The molecule has 0 fully saturated rings. The highest BCUT2D eigenvalue weighted by Gasteiger charge is 2.01. The van der Waals surface area contributed by atoms with E-state index in [0.717, 1.165) is 11.4 Å². The van der Waals surface area contributed by atoms with Crippen LogP contribution in [0.5, 0.6) is 5.75 Å². The summed E-state index contributed by atoms with van der Waals surface area (Å²) < 4.78 is 6.84. The average molecular weight is 209 g/mol. The maximum Gasteiger partial charge on any atom is 0.122 e. The molecule has 2 aromatic rings. The molecule has 0 N–H and O–H groups in total. The predicted octanol–water partition coefficient (Wildman–Crippen LogP) is 2.53. The van der Waals surface area contributed by atoms with Crippen molar-refractivity contribution in [1.82, 2.24) is 9.78 Å². The lowest BCUT2D eigenvalue weighted by molar-refractivity contribution is 0.414. The molecule has 0 aliphatic carbocycles. The van der Waals surface area contributed by atoms with Gasteiger partial charge in [0.2, 0.25) is 0 Å². The third-order valence-electron chi connectivity index (χ3n) is 1.86. The molecule has 0 aliphatic heterocycles. The van der Waals surface area contributed by atoms with E-state index in [1.807, 2.05) is 24.4 Å². The molecule has 0 spiro atoms. The van der Waals surface area contributed by atoms with Crippen LogP contribution in [0.25, 0.3) is 5.69 Å².